The number of amides is 1. The molecule has 0 aromatic carbocycles. The van der Waals surface area contributed by atoms with Crippen molar-refractivity contribution in [3.63, 3.8) is 0 Å². The van der Waals surface area contributed by atoms with Crippen molar-refractivity contribution in [3.8, 4) is 0 Å². The zero-order valence-electron chi connectivity index (χ0n) is 12.0. The van der Waals surface area contributed by atoms with Crippen molar-refractivity contribution in [1.29, 1.82) is 0 Å². The molecule has 0 bridgehead atoms. The second kappa shape index (κ2) is 6.87. The molecule has 2 saturated heterocycles. The molecule has 2 aliphatic heterocycles. The number of hydrogen-bond donors (Lipinski definition) is 1. The third-order valence-corrected chi connectivity index (χ3v) is 5.64. The average Bonchev–Trinajstić information content (AvgIpc) is 2.79. The molecule has 0 aromatic rings. The van der Waals surface area contributed by atoms with E-state index in [4.69, 9.17) is 4.74 Å². The maximum absolute atomic E-state index is 12.5. The first kappa shape index (κ1) is 15.7. The number of carbonyl (C=O) groups is 1. The summed E-state index contributed by atoms with van der Waals surface area (Å²) in [5.41, 5.74) is 0. The van der Waals surface area contributed by atoms with Crippen molar-refractivity contribution < 1.29 is 17.9 Å². The molecule has 2 rings (SSSR count). The molecule has 2 aliphatic rings. The van der Waals surface area contributed by atoms with Crippen LogP contribution in [0.1, 0.15) is 19.8 Å². The van der Waals surface area contributed by atoms with Gasteiger partial charge in [0.15, 0.2) is 9.84 Å². The largest absolute Gasteiger partial charge is 0.379 e. The maximum Gasteiger partial charge on any atom is 0.229 e. The van der Waals surface area contributed by atoms with E-state index in [-0.39, 0.29) is 29.4 Å². The summed E-state index contributed by atoms with van der Waals surface area (Å²) in [6.07, 6.45) is 1.55. The van der Waals surface area contributed by atoms with Gasteiger partial charge in [-0.15, -0.1) is 0 Å². The summed E-state index contributed by atoms with van der Waals surface area (Å²) < 4.78 is 28.6. The summed E-state index contributed by atoms with van der Waals surface area (Å²) in [6.45, 7) is 4.80. The van der Waals surface area contributed by atoms with Crippen LogP contribution in [0.25, 0.3) is 0 Å². The van der Waals surface area contributed by atoms with Gasteiger partial charge in [-0.3, -0.25) is 4.79 Å². The molecular formula is C13H24N2O4S. The van der Waals surface area contributed by atoms with Crippen LogP contribution < -0.4 is 5.32 Å². The minimum Gasteiger partial charge on any atom is -0.379 e. The van der Waals surface area contributed by atoms with Crippen molar-refractivity contribution in [2.75, 3.05) is 44.4 Å². The Morgan fingerprint density at radius 1 is 1.30 bits per heavy atom. The zero-order valence-corrected chi connectivity index (χ0v) is 12.8. The Morgan fingerprint density at radius 3 is 2.85 bits per heavy atom. The first-order valence-corrected chi connectivity index (χ1v) is 9.16. The molecule has 7 heteroatoms. The lowest BCUT2D eigenvalue weighted by molar-refractivity contribution is -0.135. The fourth-order valence-corrected chi connectivity index (χ4v) is 3.99. The lowest BCUT2D eigenvalue weighted by Gasteiger charge is -2.26. The summed E-state index contributed by atoms with van der Waals surface area (Å²) in [5, 5.41) is 3.34. The Hall–Kier alpha value is -0.660. The van der Waals surface area contributed by atoms with Crippen LogP contribution in [0.2, 0.25) is 0 Å². The van der Waals surface area contributed by atoms with E-state index in [1.165, 1.54) is 0 Å². The van der Waals surface area contributed by atoms with Crippen LogP contribution in [-0.2, 0) is 19.4 Å². The van der Waals surface area contributed by atoms with E-state index in [2.05, 4.69) is 12.2 Å². The highest BCUT2D eigenvalue weighted by Gasteiger charge is 2.37. The molecule has 2 fully saturated rings. The molecule has 0 aromatic heterocycles. The van der Waals surface area contributed by atoms with E-state index in [9.17, 15) is 13.2 Å². The first-order chi connectivity index (χ1) is 9.53. The predicted molar refractivity (Wildman–Crippen MR) is 76.2 cm³/mol. The minimum atomic E-state index is -2.98. The highest BCUT2D eigenvalue weighted by molar-refractivity contribution is 7.91. The second-order valence-electron chi connectivity index (χ2n) is 5.54. The Bertz CT molecular complexity index is 438. The van der Waals surface area contributed by atoms with Gasteiger partial charge in [0.2, 0.25) is 5.91 Å². The Kier molecular flexibility index (Phi) is 5.40. The quantitative estimate of drug-likeness (QED) is 0.768. The molecule has 2 heterocycles. The lowest BCUT2D eigenvalue weighted by Crippen LogP contribution is -2.46. The third-order valence-electron chi connectivity index (χ3n) is 3.92. The average molecular weight is 304 g/mol. The number of nitrogens with one attached hydrogen (secondary N) is 1. The van der Waals surface area contributed by atoms with Crippen molar-refractivity contribution in [3.05, 3.63) is 0 Å². The van der Waals surface area contributed by atoms with Crippen molar-refractivity contribution >= 4 is 15.7 Å². The Morgan fingerprint density at radius 2 is 2.10 bits per heavy atom. The van der Waals surface area contributed by atoms with Crippen molar-refractivity contribution in [2.45, 2.75) is 25.8 Å². The number of hydrogen-bond acceptors (Lipinski definition) is 5. The van der Waals surface area contributed by atoms with E-state index in [1.807, 2.05) is 0 Å². The molecule has 0 aliphatic carbocycles. The van der Waals surface area contributed by atoms with Gasteiger partial charge in [0, 0.05) is 19.1 Å². The van der Waals surface area contributed by atoms with Gasteiger partial charge >= 0.3 is 0 Å². The van der Waals surface area contributed by atoms with Crippen molar-refractivity contribution in [2.24, 2.45) is 5.92 Å². The zero-order chi connectivity index (χ0) is 14.6. The fraction of sp³-hybridized carbons (Fsp3) is 0.923. The van der Waals surface area contributed by atoms with E-state index in [0.29, 0.717) is 32.7 Å². The van der Waals surface area contributed by atoms with Crippen molar-refractivity contribution in [1.82, 2.24) is 10.2 Å². The lowest BCUT2D eigenvalue weighted by atomic mass is 10.0. The second-order valence-corrected chi connectivity index (χ2v) is 7.84. The van der Waals surface area contributed by atoms with Gasteiger partial charge in [0.05, 0.1) is 30.6 Å². The first-order valence-electron chi connectivity index (χ1n) is 7.34. The predicted octanol–water partition coefficient (Wildman–Crippen LogP) is -0.352. The molecule has 6 nitrogen and oxygen atoms in total. The molecule has 1 amide bonds. The van der Waals surface area contributed by atoms with Crippen LogP contribution in [0, 0.1) is 5.92 Å². The summed E-state index contributed by atoms with van der Waals surface area (Å²) in [7, 11) is -2.98. The summed E-state index contributed by atoms with van der Waals surface area (Å²) in [4.78, 5) is 14.2. The van der Waals surface area contributed by atoms with Gasteiger partial charge in [0.1, 0.15) is 0 Å². The number of nitrogens with zero attached hydrogens (tertiary/aromatic N) is 1. The van der Waals surface area contributed by atoms with Gasteiger partial charge in [-0.05, 0) is 19.4 Å². The van der Waals surface area contributed by atoms with Gasteiger partial charge < -0.3 is 15.0 Å². The molecule has 116 valence electrons. The summed E-state index contributed by atoms with van der Waals surface area (Å²) >= 11 is 0. The molecule has 2 atom stereocenters. The number of rotatable bonds is 4. The maximum atomic E-state index is 12.5. The van der Waals surface area contributed by atoms with Crippen LogP contribution >= 0.6 is 0 Å². The molecule has 0 radical (unpaired) electrons. The SMILES string of the molecule is CCCNC1COCC1C(=O)N1CCCS(=O)(=O)CC1. The topological polar surface area (TPSA) is 75.7 Å². The highest BCUT2D eigenvalue weighted by Crippen LogP contribution is 2.18. The molecule has 0 saturated carbocycles. The summed E-state index contributed by atoms with van der Waals surface area (Å²) in [5.74, 6) is 0.130. The van der Waals surface area contributed by atoms with E-state index < -0.39 is 9.84 Å². The molecule has 20 heavy (non-hydrogen) atoms. The molecule has 0 spiro atoms. The highest BCUT2D eigenvalue weighted by atomic mass is 32.2. The third kappa shape index (κ3) is 3.93. The smallest absolute Gasteiger partial charge is 0.229 e. The number of sulfone groups is 1. The Balaban J connectivity index is 1.95. The molecular weight excluding hydrogens is 280 g/mol. The molecule has 2 unspecified atom stereocenters. The van der Waals surface area contributed by atoms with Crippen LogP contribution in [-0.4, -0.2) is 69.6 Å². The van der Waals surface area contributed by atoms with Gasteiger partial charge in [0.25, 0.3) is 0 Å². The van der Waals surface area contributed by atoms with Crippen LogP contribution in [0.4, 0.5) is 0 Å². The van der Waals surface area contributed by atoms with Gasteiger partial charge in [-0.2, -0.15) is 0 Å². The van der Waals surface area contributed by atoms with Crippen LogP contribution in [0.15, 0.2) is 0 Å². The Labute approximate surface area is 120 Å². The summed E-state index contributed by atoms with van der Waals surface area (Å²) in [6, 6.07) is 0.0577. The van der Waals surface area contributed by atoms with E-state index >= 15 is 0 Å². The van der Waals surface area contributed by atoms with Crippen LogP contribution in [0.5, 0.6) is 0 Å². The van der Waals surface area contributed by atoms with E-state index in [1.54, 1.807) is 4.90 Å². The number of carbonyl (C=O) groups excluding carboxylic acids is 1. The fourth-order valence-electron chi connectivity index (χ4n) is 2.72. The number of ether oxygens (including phenoxy) is 1. The van der Waals surface area contributed by atoms with Gasteiger partial charge in [-0.25, -0.2) is 8.42 Å². The van der Waals surface area contributed by atoms with Crippen LogP contribution in [0.3, 0.4) is 0 Å². The van der Waals surface area contributed by atoms with E-state index in [0.717, 1.165) is 13.0 Å². The normalized spacial score (nSPS) is 30.1. The molecule has 1 N–H and O–H groups in total. The standard InChI is InChI=1S/C13H24N2O4S/c1-2-4-14-12-10-19-9-11(12)13(16)15-5-3-7-20(17,18)8-6-15/h11-12,14H,2-10H2,1H3. The monoisotopic (exact) mass is 304 g/mol. The van der Waals surface area contributed by atoms with Gasteiger partial charge in [-0.1, -0.05) is 6.92 Å². The minimum absolute atomic E-state index is 0.0354.